The Morgan fingerprint density at radius 3 is 2.43 bits per heavy atom. The summed E-state index contributed by atoms with van der Waals surface area (Å²) in [6, 6.07) is 9.19. The zero-order valence-electron chi connectivity index (χ0n) is 11.1. The van der Waals surface area contributed by atoms with E-state index in [0.717, 1.165) is 12.1 Å². The fraction of sp³-hybridized carbons (Fsp3) is 0.0714. The molecule has 5 nitrogen and oxygen atoms in total. The molecule has 0 radical (unpaired) electrons. The van der Waals surface area contributed by atoms with Crippen molar-refractivity contribution in [2.24, 2.45) is 0 Å². The fourth-order valence-electron chi connectivity index (χ4n) is 1.96. The molecule has 0 spiro atoms. The molecule has 1 heterocycles. The molecule has 120 valence electrons. The Morgan fingerprint density at radius 1 is 1.00 bits per heavy atom. The number of fused-ring (bicyclic) bond motifs is 2. The van der Waals surface area contributed by atoms with E-state index in [1.165, 1.54) is 18.2 Å². The Hall–Kier alpha value is -2.55. The standard InChI is InChI=1S/C14H7F3O5S/c15-14(16,17)23(19,20)22-11-4-2-9-5-8-1-3-10(18)6-12(8)21-13(9)7-11/h1-7H. The first-order chi connectivity index (χ1) is 10.7. The van der Waals surface area contributed by atoms with Crippen molar-refractivity contribution < 1.29 is 30.2 Å². The van der Waals surface area contributed by atoms with Crippen LogP contribution in [0.3, 0.4) is 0 Å². The van der Waals surface area contributed by atoms with Gasteiger partial charge in [0.1, 0.15) is 17.1 Å². The third-order valence-corrected chi connectivity index (χ3v) is 3.97. The van der Waals surface area contributed by atoms with Gasteiger partial charge in [0.25, 0.3) is 0 Å². The highest BCUT2D eigenvalue weighted by molar-refractivity contribution is 7.88. The van der Waals surface area contributed by atoms with Gasteiger partial charge in [-0.1, -0.05) is 0 Å². The van der Waals surface area contributed by atoms with E-state index < -0.39 is 21.4 Å². The Bertz CT molecular complexity index is 1020. The number of hydrogen-bond donors (Lipinski definition) is 0. The minimum Gasteiger partial charge on any atom is -0.456 e. The van der Waals surface area contributed by atoms with Gasteiger partial charge in [-0.05, 0) is 30.3 Å². The van der Waals surface area contributed by atoms with Gasteiger partial charge in [0.05, 0.1) is 0 Å². The summed E-state index contributed by atoms with van der Waals surface area (Å²) in [6.45, 7) is 0. The van der Waals surface area contributed by atoms with Crippen LogP contribution in [0.2, 0.25) is 0 Å². The van der Waals surface area contributed by atoms with Crippen molar-refractivity contribution in [3.8, 4) is 17.1 Å². The second-order valence-electron chi connectivity index (χ2n) is 4.63. The monoisotopic (exact) mass is 344 g/mol. The predicted molar refractivity (Wildman–Crippen MR) is 74.7 cm³/mol. The Labute approximate surface area is 127 Å². The smallest absolute Gasteiger partial charge is 0.456 e. The fourth-order valence-corrected chi connectivity index (χ4v) is 2.41. The summed E-state index contributed by atoms with van der Waals surface area (Å²) in [4.78, 5) is 11.3. The van der Waals surface area contributed by atoms with Crippen molar-refractivity contribution >= 4 is 21.1 Å². The summed E-state index contributed by atoms with van der Waals surface area (Å²) in [5, 5.41) is 0.507. The molecule has 0 fully saturated rings. The summed E-state index contributed by atoms with van der Waals surface area (Å²) in [5.74, 6) is -0.322. The van der Waals surface area contributed by atoms with Crippen LogP contribution < -0.4 is 9.61 Å². The summed E-state index contributed by atoms with van der Waals surface area (Å²) >= 11 is 0. The van der Waals surface area contributed by atoms with Gasteiger partial charge in [-0.25, -0.2) is 0 Å². The SMILES string of the molecule is O=c1ccc2cc3ccc(OS(=O)(=O)C(F)(F)F)cc3oc-2c1. The van der Waals surface area contributed by atoms with Crippen LogP contribution in [-0.2, 0) is 10.1 Å². The summed E-state index contributed by atoms with van der Waals surface area (Å²) in [7, 11) is -5.76. The molecule has 1 aliphatic heterocycles. The maximum atomic E-state index is 12.3. The number of alkyl halides is 3. The summed E-state index contributed by atoms with van der Waals surface area (Å²) in [5.41, 5.74) is -5.13. The van der Waals surface area contributed by atoms with Crippen LogP contribution in [0.4, 0.5) is 13.2 Å². The van der Waals surface area contributed by atoms with Gasteiger partial charge < -0.3 is 8.60 Å². The minimum absolute atomic E-state index is 0.0815. The second-order valence-corrected chi connectivity index (χ2v) is 6.17. The van der Waals surface area contributed by atoms with E-state index in [4.69, 9.17) is 4.42 Å². The molecule has 3 rings (SSSR count). The van der Waals surface area contributed by atoms with Crippen molar-refractivity contribution in [2.75, 3.05) is 0 Å². The first kappa shape index (κ1) is 15.3. The molecule has 23 heavy (non-hydrogen) atoms. The minimum atomic E-state index is -5.76. The van der Waals surface area contributed by atoms with Gasteiger partial charge in [0, 0.05) is 23.1 Å². The topological polar surface area (TPSA) is 73.6 Å². The first-order valence-corrected chi connectivity index (χ1v) is 7.55. The third-order valence-electron chi connectivity index (χ3n) is 2.99. The predicted octanol–water partition coefficient (Wildman–Crippen LogP) is 3.13. The molecular weight excluding hydrogens is 337 g/mol. The average molecular weight is 344 g/mol. The second kappa shape index (κ2) is 4.98. The maximum absolute atomic E-state index is 12.3. The van der Waals surface area contributed by atoms with E-state index in [2.05, 4.69) is 4.18 Å². The molecule has 0 N–H and O–H groups in total. The van der Waals surface area contributed by atoms with E-state index in [-0.39, 0.29) is 16.8 Å². The van der Waals surface area contributed by atoms with E-state index in [9.17, 15) is 26.4 Å². The van der Waals surface area contributed by atoms with Crippen LogP contribution in [-0.4, -0.2) is 13.9 Å². The molecule has 0 saturated heterocycles. The van der Waals surface area contributed by atoms with Crippen molar-refractivity contribution in [1.82, 2.24) is 0 Å². The molecule has 1 aliphatic carbocycles. The Kier molecular flexibility index (Phi) is 3.33. The average Bonchev–Trinajstić information content (AvgIpc) is 2.43. The van der Waals surface area contributed by atoms with Crippen LogP contribution in [0.5, 0.6) is 5.75 Å². The quantitative estimate of drug-likeness (QED) is 0.406. The lowest BCUT2D eigenvalue weighted by molar-refractivity contribution is -0.0500. The van der Waals surface area contributed by atoms with Gasteiger partial charge >= 0.3 is 15.6 Å². The molecule has 0 atom stereocenters. The molecular formula is C14H7F3O5S. The summed E-state index contributed by atoms with van der Waals surface area (Å²) < 4.78 is 68.4. The number of benzene rings is 2. The highest BCUT2D eigenvalue weighted by Crippen LogP contribution is 2.31. The molecule has 0 bridgehead atoms. The number of hydrogen-bond acceptors (Lipinski definition) is 5. The highest BCUT2D eigenvalue weighted by Gasteiger charge is 2.48. The number of halogens is 3. The van der Waals surface area contributed by atoms with E-state index in [1.54, 1.807) is 12.1 Å². The van der Waals surface area contributed by atoms with E-state index in [0.29, 0.717) is 10.9 Å². The van der Waals surface area contributed by atoms with Gasteiger partial charge in [0.2, 0.25) is 0 Å². The largest absolute Gasteiger partial charge is 0.534 e. The zero-order chi connectivity index (χ0) is 16.8. The van der Waals surface area contributed by atoms with Crippen LogP contribution in [0.1, 0.15) is 0 Å². The van der Waals surface area contributed by atoms with E-state index in [1.807, 2.05) is 0 Å². The van der Waals surface area contributed by atoms with E-state index >= 15 is 0 Å². The molecule has 1 aromatic carbocycles. The lowest BCUT2D eigenvalue weighted by atomic mass is 10.1. The lowest BCUT2D eigenvalue weighted by Crippen LogP contribution is -2.28. The zero-order valence-corrected chi connectivity index (χ0v) is 11.9. The van der Waals surface area contributed by atoms with Crippen molar-refractivity contribution in [3.05, 3.63) is 52.7 Å². The summed E-state index contributed by atoms with van der Waals surface area (Å²) in [6.07, 6.45) is 0. The molecule has 2 aliphatic rings. The Morgan fingerprint density at radius 2 is 1.74 bits per heavy atom. The highest BCUT2D eigenvalue weighted by atomic mass is 32.2. The van der Waals surface area contributed by atoms with Crippen molar-refractivity contribution in [2.45, 2.75) is 5.51 Å². The number of rotatable bonds is 2. The van der Waals surface area contributed by atoms with Gasteiger partial charge in [-0.2, -0.15) is 21.6 Å². The van der Waals surface area contributed by atoms with Gasteiger partial charge in [0.15, 0.2) is 5.43 Å². The van der Waals surface area contributed by atoms with Crippen molar-refractivity contribution in [3.63, 3.8) is 0 Å². The van der Waals surface area contributed by atoms with Gasteiger partial charge in [-0.15, -0.1) is 0 Å². The lowest BCUT2D eigenvalue weighted by Gasteiger charge is -2.11. The molecule has 0 unspecified atom stereocenters. The third kappa shape index (κ3) is 2.87. The normalized spacial score (nSPS) is 12.7. The molecule has 0 aromatic heterocycles. The first-order valence-electron chi connectivity index (χ1n) is 6.14. The molecule has 0 saturated carbocycles. The van der Waals surface area contributed by atoms with Crippen LogP contribution in [0.25, 0.3) is 22.3 Å². The maximum Gasteiger partial charge on any atom is 0.534 e. The molecule has 1 aromatic rings. The van der Waals surface area contributed by atoms with Crippen LogP contribution in [0.15, 0.2) is 51.7 Å². The van der Waals surface area contributed by atoms with Crippen molar-refractivity contribution in [1.29, 1.82) is 0 Å². The van der Waals surface area contributed by atoms with Gasteiger partial charge in [-0.3, -0.25) is 4.79 Å². The Balaban J connectivity index is 2.11. The molecule has 0 amide bonds. The molecule has 9 heteroatoms. The van der Waals surface area contributed by atoms with Crippen LogP contribution >= 0.6 is 0 Å². The van der Waals surface area contributed by atoms with Crippen LogP contribution in [0, 0.1) is 0 Å².